The second-order valence-corrected chi connectivity index (χ2v) is 4.37. The van der Waals surface area contributed by atoms with Crippen molar-refractivity contribution in [3.8, 4) is 0 Å². The molecule has 1 rings (SSSR count). The zero-order chi connectivity index (χ0) is 11.3. The topological polar surface area (TPSA) is 20.3 Å². The molecule has 0 bridgehead atoms. The third-order valence-corrected chi connectivity index (χ3v) is 2.82. The maximum atomic E-state index is 11.9. The van der Waals surface area contributed by atoms with Crippen LogP contribution in [0, 0.1) is 0 Å². The normalized spacial score (nSPS) is 12.2. The maximum Gasteiger partial charge on any atom is 0.229 e. The minimum absolute atomic E-state index is 0.0600. The van der Waals surface area contributed by atoms with Crippen LogP contribution in [0.4, 0.5) is 0 Å². The van der Waals surface area contributed by atoms with Crippen LogP contribution in [-0.4, -0.2) is 29.7 Å². The Kier molecular flexibility index (Phi) is 4.82. The summed E-state index contributed by atoms with van der Waals surface area (Å²) in [7, 11) is 1.84. The summed E-state index contributed by atoms with van der Waals surface area (Å²) in [4.78, 5) is 13.7. The SMILES string of the molecule is CC(C(=O)N(C)CCBr)c1ccccc1. The standard InChI is InChI=1S/C12H16BrNO/c1-10(11-6-4-3-5-7-11)12(15)14(2)9-8-13/h3-7,10H,8-9H2,1-2H3. The van der Waals surface area contributed by atoms with E-state index in [0.717, 1.165) is 17.4 Å². The first-order chi connectivity index (χ1) is 7.16. The number of alkyl halides is 1. The highest BCUT2D eigenvalue weighted by molar-refractivity contribution is 9.09. The fourth-order valence-corrected chi connectivity index (χ4v) is 1.98. The zero-order valence-electron chi connectivity index (χ0n) is 9.11. The summed E-state index contributed by atoms with van der Waals surface area (Å²) in [6.07, 6.45) is 0. The van der Waals surface area contributed by atoms with Crippen molar-refractivity contribution in [2.75, 3.05) is 18.9 Å². The molecule has 0 saturated carbocycles. The zero-order valence-corrected chi connectivity index (χ0v) is 10.7. The van der Waals surface area contributed by atoms with E-state index in [2.05, 4.69) is 15.9 Å². The second-order valence-electron chi connectivity index (χ2n) is 3.58. The van der Waals surface area contributed by atoms with Crippen molar-refractivity contribution in [1.82, 2.24) is 4.90 Å². The van der Waals surface area contributed by atoms with Crippen molar-refractivity contribution in [1.29, 1.82) is 0 Å². The highest BCUT2D eigenvalue weighted by Crippen LogP contribution is 2.16. The second kappa shape index (κ2) is 5.91. The molecule has 1 atom stereocenters. The summed E-state index contributed by atoms with van der Waals surface area (Å²) in [5.74, 6) is 0.107. The minimum Gasteiger partial charge on any atom is -0.344 e. The van der Waals surface area contributed by atoms with E-state index in [1.54, 1.807) is 4.90 Å². The molecule has 15 heavy (non-hydrogen) atoms. The van der Waals surface area contributed by atoms with Crippen LogP contribution in [-0.2, 0) is 4.79 Å². The van der Waals surface area contributed by atoms with Crippen molar-refractivity contribution >= 4 is 21.8 Å². The highest BCUT2D eigenvalue weighted by atomic mass is 79.9. The molecule has 0 fully saturated rings. The quantitative estimate of drug-likeness (QED) is 0.770. The molecule has 0 spiro atoms. The molecule has 2 nitrogen and oxygen atoms in total. The first-order valence-electron chi connectivity index (χ1n) is 5.02. The van der Waals surface area contributed by atoms with Gasteiger partial charge in [0, 0.05) is 18.9 Å². The molecule has 0 N–H and O–H groups in total. The van der Waals surface area contributed by atoms with Gasteiger partial charge in [-0.25, -0.2) is 0 Å². The lowest BCUT2D eigenvalue weighted by Gasteiger charge is -2.20. The van der Waals surface area contributed by atoms with Crippen molar-refractivity contribution in [2.24, 2.45) is 0 Å². The largest absolute Gasteiger partial charge is 0.344 e. The predicted octanol–water partition coefficient (Wildman–Crippen LogP) is 2.64. The maximum absolute atomic E-state index is 11.9. The van der Waals surface area contributed by atoms with Crippen LogP contribution in [0.15, 0.2) is 30.3 Å². The van der Waals surface area contributed by atoms with Crippen LogP contribution in [0.5, 0.6) is 0 Å². The molecule has 0 aliphatic rings. The summed E-state index contributed by atoms with van der Waals surface area (Å²) >= 11 is 3.33. The number of amides is 1. The smallest absolute Gasteiger partial charge is 0.229 e. The third-order valence-electron chi connectivity index (χ3n) is 2.47. The van der Waals surface area contributed by atoms with Gasteiger partial charge >= 0.3 is 0 Å². The van der Waals surface area contributed by atoms with E-state index in [1.165, 1.54) is 0 Å². The van der Waals surface area contributed by atoms with Crippen LogP contribution >= 0.6 is 15.9 Å². The number of likely N-dealkylation sites (N-methyl/N-ethyl adjacent to an activating group) is 1. The molecule has 0 radical (unpaired) electrons. The summed E-state index contributed by atoms with van der Waals surface area (Å²) < 4.78 is 0. The monoisotopic (exact) mass is 269 g/mol. The Balaban J connectivity index is 2.69. The fraction of sp³-hybridized carbons (Fsp3) is 0.417. The first kappa shape index (κ1) is 12.2. The predicted molar refractivity (Wildman–Crippen MR) is 66.3 cm³/mol. The molecular formula is C12H16BrNO. The number of hydrogen-bond acceptors (Lipinski definition) is 1. The molecule has 0 heterocycles. The Morgan fingerprint density at radius 1 is 1.40 bits per heavy atom. The number of carbonyl (C=O) groups excluding carboxylic acids is 1. The molecule has 0 aliphatic heterocycles. The van der Waals surface area contributed by atoms with Gasteiger partial charge in [0.1, 0.15) is 0 Å². The molecule has 1 aromatic rings. The first-order valence-corrected chi connectivity index (χ1v) is 6.15. The third kappa shape index (κ3) is 3.34. The van der Waals surface area contributed by atoms with Crippen LogP contribution in [0.1, 0.15) is 18.4 Å². The van der Waals surface area contributed by atoms with Gasteiger partial charge in [-0.2, -0.15) is 0 Å². The Morgan fingerprint density at radius 3 is 2.53 bits per heavy atom. The van der Waals surface area contributed by atoms with Gasteiger partial charge in [0.05, 0.1) is 5.92 Å². The van der Waals surface area contributed by atoms with E-state index in [1.807, 2.05) is 44.3 Å². The molecule has 1 unspecified atom stereocenters. The fourth-order valence-electron chi connectivity index (χ4n) is 1.45. The van der Waals surface area contributed by atoms with Gasteiger partial charge in [0.25, 0.3) is 0 Å². The average Bonchev–Trinajstić information content (AvgIpc) is 2.28. The van der Waals surface area contributed by atoms with Gasteiger partial charge in [-0.05, 0) is 12.5 Å². The van der Waals surface area contributed by atoms with Crippen molar-refractivity contribution in [3.63, 3.8) is 0 Å². The number of hydrogen-bond donors (Lipinski definition) is 0. The van der Waals surface area contributed by atoms with Crippen LogP contribution < -0.4 is 0 Å². The molecule has 3 heteroatoms. The lowest BCUT2D eigenvalue weighted by Crippen LogP contribution is -2.32. The summed E-state index contributed by atoms with van der Waals surface area (Å²) in [5.41, 5.74) is 1.07. The van der Waals surface area contributed by atoms with E-state index in [0.29, 0.717) is 0 Å². The number of carbonyl (C=O) groups is 1. The number of nitrogens with zero attached hydrogens (tertiary/aromatic N) is 1. The van der Waals surface area contributed by atoms with Gasteiger partial charge in [-0.15, -0.1) is 0 Å². The number of halogens is 1. The molecule has 0 aromatic heterocycles. The van der Waals surface area contributed by atoms with Crippen molar-refractivity contribution in [3.05, 3.63) is 35.9 Å². The van der Waals surface area contributed by atoms with E-state index < -0.39 is 0 Å². The van der Waals surface area contributed by atoms with Crippen molar-refractivity contribution < 1.29 is 4.79 Å². The van der Waals surface area contributed by atoms with E-state index >= 15 is 0 Å². The van der Waals surface area contributed by atoms with Crippen LogP contribution in [0.3, 0.4) is 0 Å². The van der Waals surface area contributed by atoms with Gasteiger partial charge in [-0.1, -0.05) is 46.3 Å². The van der Waals surface area contributed by atoms with Gasteiger partial charge in [0.2, 0.25) is 5.91 Å². The Hall–Kier alpha value is -0.830. The summed E-state index contributed by atoms with van der Waals surface area (Å²) in [6, 6.07) is 9.87. The van der Waals surface area contributed by atoms with Crippen LogP contribution in [0.25, 0.3) is 0 Å². The van der Waals surface area contributed by atoms with E-state index in [-0.39, 0.29) is 11.8 Å². The Morgan fingerprint density at radius 2 is 2.00 bits per heavy atom. The lowest BCUT2D eigenvalue weighted by molar-refractivity contribution is -0.130. The molecule has 1 amide bonds. The molecule has 0 aliphatic carbocycles. The van der Waals surface area contributed by atoms with E-state index in [4.69, 9.17) is 0 Å². The molecule has 0 saturated heterocycles. The highest BCUT2D eigenvalue weighted by Gasteiger charge is 2.18. The summed E-state index contributed by atoms with van der Waals surface area (Å²) in [6.45, 7) is 2.69. The molecule has 1 aromatic carbocycles. The molecular weight excluding hydrogens is 254 g/mol. The van der Waals surface area contributed by atoms with E-state index in [9.17, 15) is 4.79 Å². The van der Waals surface area contributed by atoms with Crippen LogP contribution in [0.2, 0.25) is 0 Å². The van der Waals surface area contributed by atoms with Gasteiger partial charge < -0.3 is 4.90 Å². The molecule has 82 valence electrons. The number of rotatable bonds is 4. The Labute approximate surface area is 99.4 Å². The minimum atomic E-state index is -0.0600. The van der Waals surface area contributed by atoms with Crippen molar-refractivity contribution in [2.45, 2.75) is 12.8 Å². The average molecular weight is 270 g/mol. The van der Waals surface area contributed by atoms with Gasteiger partial charge in [-0.3, -0.25) is 4.79 Å². The van der Waals surface area contributed by atoms with Gasteiger partial charge in [0.15, 0.2) is 0 Å². The number of benzene rings is 1. The Bertz CT molecular complexity index is 313. The summed E-state index contributed by atoms with van der Waals surface area (Å²) in [5, 5.41) is 0.816. The lowest BCUT2D eigenvalue weighted by atomic mass is 10.00.